The average Bonchev–Trinajstić information content (AvgIpc) is 3.51. The van der Waals surface area contributed by atoms with Gasteiger partial charge in [-0.3, -0.25) is 4.79 Å². The number of carbonyl (C=O) groups excluding carboxylic acids is 1. The normalized spacial score (nSPS) is 47.4. The zero-order chi connectivity index (χ0) is 31.0. The summed E-state index contributed by atoms with van der Waals surface area (Å²) in [6, 6.07) is 0. The molecule has 8 nitrogen and oxygen atoms in total. The van der Waals surface area contributed by atoms with Gasteiger partial charge in [0.1, 0.15) is 0 Å². The maximum Gasteiger partial charge on any atom is 0.315 e. The summed E-state index contributed by atoms with van der Waals surface area (Å²) in [7, 11) is 0. The lowest BCUT2D eigenvalue weighted by molar-refractivity contribution is -0.708. The molecule has 0 aromatic carbocycles. The molecule has 0 bridgehead atoms. The first-order valence-corrected chi connectivity index (χ1v) is 17.3. The van der Waals surface area contributed by atoms with Gasteiger partial charge < -0.3 is 19.9 Å². The average molecular weight is 600 g/mol. The van der Waals surface area contributed by atoms with Crippen LogP contribution < -0.4 is 0 Å². The van der Waals surface area contributed by atoms with Crippen LogP contribution in [0.3, 0.4) is 0 Å². The minimum atomic E-state index is -0.562. The van der Waals surface area contributed by atoms with Crippen LogP contribution in [0.5, 0.6) is 0 Å². The van der Waals surface area contributed by atoms with Crippen molar-refractivity contribution < 1.29 is 24.4 Å². The summed E-state index contributed by atoms with van der Waals surface area (Å²) in [5.41, 5.74) is 1.25. The number of fused-ring (bicyclic) bond motifs is 7. The molecule has 0 amide bonds. The largest absolute Gasteiger partial charge is 0.569 e. The summed E-state index contributed by atoms with van der Waals surface area (Å²) < 4.78 is 5.81. The van der Waals surface area contributed by atoms with Gasteiger partial charge in [-0.15, -0.1) is 5.01 Å². The van der Waals surface area contributed by atoms with E-state index in [0.29, 0.717) is 41.7 Å². The summed E-state index contributed by atoms with van der Waals surface area (Å²) in [5, 5.41) is 28.4. The second kappa shape index (κ2) is 10.6. The fraction of sp³-hybridized carbons (Fsp3) is 0.914. The maximum absolute atomic E-state index is 14.1. The summed E-state index contributed by atoms with van der Waals surface area (Å²) in [6.45, 7) is 18.0. The molecule has 10 atom stereocenters. The smallest absolute Gasteiger partial charge is 0.315 e. The van der Waals surface area contributed by atoms with E-state index in [1.165, 1.54) is 12.0 Å². The van der Waals surface area contributed by atoms with E-state index >= 15 is 0 Å². The first-order valence-electron chi connectivity index (χ1n) is 17.3. The molecular weight excluding hydrogens is 542 g/mol. The van der Waals surface area contributed by atoms with Crippen LogP contribution in [-0.2, 0) is 14.4 Å². The van der Waals surface area contributed by atoms with E-state index in [0.717, 1.165) is 64.2 Å². The summed E-state index contributed by atoms with van der Waals surface area (Å²) in [4.78, 5) is 19.8. The molecule has 0 spiro atoms. The number of carbonyl (C=O) groups is 1. The fourth-order valence-electron chi connectivity index (χ4n) is 12.1. The molecule has 0 aromatic heterocycles. The molecule has 1 saturated heterocycles. The van der Waals surface area contributed by atoms with Gasteiger partial charge in [0.25, 0.3) is 6.79 Å². The number of aliphatic hydroxyl groups is 1. The van der Waals surface area contributed by atoms with Crippen LogP contribution in [0.2, 0.25) is 0 Å². The van der Waals surface area contributed by atoms with Crippen LogP contribution >= 0.6 is 0 Å². The molecule has 5 aliphatic carbocycles. The Hall–Kier alpha value is -1.83. The molecule has 3 unspecified atom stereocenters. The van der Waals surface area contributed by atoms with Gasteiger partial charge in [-0.25, -0.2) is 0 Å². The van der Waals surface area contributed by atoms with Crippen molar-refractivity contribution in [2.75, 3.05) is 19.9 Å². The molecule has 5 fully saturated rings. The van der Waals surface area contributed by atoms with Crippen LogP contribution in [0, 0.1) is 61.9 Å². The molecule has 1 N–H and O–H groups in total. The highest BCUT2D eigenvalue weighted by Crippen LogP contribution is 2.75. The van der Waals surface area contributed by atoms with Crippen LogP contribution in [-0.4, -0.2) is 47.0 Å². The second-order valence-corrected chi connectivity index (χ2v) is 16.9. The van der Waals surface area contributed by atoms with Crippen molar-refractivity contribution in [3.8, 4) is 0 Å². The van der Waals surface area contributed by atoms with Crippen LogP contribution in [0.15, 0.2) is 16.9 Å². The first-order chi connectivity index (χ1) is 20.2. The van der Waals surface area contributed by atoms with Gasteiger partial charge in [0.15, 0.2) is 0 Å². The van der Waals surface area contributed by atoms with E-state index < -0.39 is 5.41 Å². The van der Waals surface area contributed by atoms with Gasteiger partial charge >= 0.3 is 5.97 Å². The predicted octanol–water partition coefficient (Wildman–Crippen LogP) is 7.41. The molecule has 43 heavy (non-hydrogen) atoms. The Morgan fingerprint density at radius 3 is 2.47 bits per heavy atom. The van der Waals surface area contributed by atoms with E-state index in [1.54, 1.807) is 5.01 Å². The SMILES string of the molecule is C[C@@H]1CCC2(C(=O)OCO/N=[N+](\[O-])N3CCCC3)CC[C@]3(C)C(=CC[C@@H]4[C@@]5(C)CC[C@H](O)C(C)(C)C5CC[C@]43C)C2[C@H]1C. The lowest BCUT2D eigenvalue weighted by Gasteiger charge is -2.71. The summed E-state index contributed by atoms with van der Waals surface area (Å²) in [6.07, 6.45) is 13.3. The molecule has 0 aromatic rings. The minimum Gasteiger partial charge on any atom is -0.569 e. The Morgan fingerprint density at radius 1 is 1.02 bits per heavy atom. The molecule has 242 valence electrons. The molecule has 6 rings (SSSR count). The Kier molecular flexibility index (Phi) is 7.70. The highest BCUT2D eigenvalue weighted by Gasteiger charge is 2.69. The Labute approximate surface area is 259 Å². The quantitative estimate of drug-likeness (QED) is 0.0672. The number of hydrogen-bond donors (Lipinski definition) is 1. The van der Waals surface area contributed by atoms with Gasteiger partial charge in [-0.05, 0) is 122 Å². The number of ether oxygens (including phenoxy) is 1. The summed E-state index contributed by atoms with van der Waals surface area (Å²) in [5.74, 6) is 1.96. The van der Waals surface area contributed by atoms with Crippen molar-refractivity contribution in [3.63, 3.8) is 0 Å². The number of allylic oxidation sites excluding steroid dienone is 2. The van der Waals surface area contributed by atoms with Crippen molar-refractivity contribution in [3.05, 3.63) is 16.9 Å². The number of rotatable bonds is 5. The zero-order valence-corrected chi connectivity index (χ0v) is 27.9. The van der Waals surface area contributed by atoms with E-state index in [-0.39, 0.29) is 46.4 Å². The molecular formula is C35H57N3O5. The Balaban J connectivity index is 1.28. The molecule has 8 heteroatoms. The van der Waals surface area contributed by atoms with Crippen molar-refractivity contribution in [1.29, 1.82) is 0 Å². The monoisotopic (exact) mass is 599 g/mol. The van der Waals surface area contributed by atoms with E-state index in [1.807, 2.05) is 0 Å². The van der Waals surface area contributed by atoms with Crippen LogP contribution in [0.4, 0.5) is 0 Å². The number of aliphatic hydroxyl groups excluding tert-OH is 1. The van der Waals surface area contributed by atoms with Gasteiger partial charge in [-0.2, -0.15) is 0 Å². The molecule has 6 aliphatic rings. The van der Waals surface area contributed by atoms with Crippen LogP contribution in [0.25, 0.3) is 0 Å². The van der Waals surface area contributed by atoms with Crippen molar-refractivity contribution >= 4 is 5.97 Å². The Bertz CT molecular complexity index is 1160. The van der Waals surface area contributed by atoms with Gasteiger partial charge in [-0.1, -0.05) is 60.1 Å². The predicted molar refractivity (Wildman–Crippen MR) is 164 cm³/mol. The lowest BCUT2D eigenvalue weighted by atomic mass is 9.33. The highest BCUT2D eigenvalue weighted by molar-refractivity contribution is 5.78. The van der Waals surface area contributed by atoms with E-state index in [9.17, 15) is 15.1 Å². The molecule has 0 radical (unpaired) electrons. The maximum atomic E-state index is 14.1. The second-order valence-electron chi connectivity index (χ2n) is 16.9. The minimum absolute atomic E-state index is 0.0223. The lowest BCUT2D eigenvalue weighted by Crippen LogP contribution is -2.65. The topological polar surface area (TPSA) is 97.4 Å². The van der Waals surface area contributed by atoms with Gasteiger partial charge in [0.05, 0.1) is 29.6 Å². The number of esters is 1. The third-order valence-corrected chi connectivity index (χ3v) is 15.1. The number of nitrogens with zero attached hydrogens (tertiary/aromatic N) is 3. The van der Waals surface area contributed by atoms with Crippen LogP contribution in [0.1, 0.15) is 119 Å². The summed E-state index contributed by atoms with van der Waals surface area (Å²) >= 11 is 0. The Morgan fingerprint density at radius 2 is 1.74 bits per heavy atom. The number of hydrogen-bond acceptors (Lipinski definition) is 6. The standard InChI is InChI=1S/C35H57N3O5/c1-23-12-17-35(30(40)42-22-43-36-38(41)37-20-8-9-21-37)19-18-33(6)25(29(35)24(23)2)10-11-27-32(5)15-14-28(39)31(3,4)26(32)13-16-34(27,33)7/h10,23-24,26-29,39H,8-9,11-22H2,1-7H3/b38-36-/t23-,24+,26?,27-,28+,29?,32+,33-,34-,35?/m1/s1. The fourth-order valence-corrected chi connectivity index (χ4v) is 12.1. The van der Waals surface area contributed by atoms with Crippen molar-refractivity contribution in [2.24, 2.45) is 61.9 Å². The van der Waals surface area contributed by atoms with Crippen molar-refractivity contribution in [2.45, 2.75) is 125 Å². The molecule has 1 aliphatic heterocycles. The first kappa shape index (κ1) is 31.2. The molecule has 4 saturated carbocycles. The van der Waals surface area contributed by atoms with Gasteiger partial charge in [0, 0.05) is 0 Å². The molecule has 1 heterocycles. The van der Waals surface area contributed by atoms with E-state index in [4.69, 9.17) is 9.57 Å². The third kappa shape index (κ3) is 4.41. The number of hydrazine groups is 1. The zero-order valence-electron chi connectivity index (χ0n) is 27.9. The van der Waals surface area contributed by atoms with E-state index in [2.05, 4.69) is 59.8 Å². The van der Waals surface area contributed by atoms with Gasteiger partial charge in [0.2, 0.25) is 5.28 Å². The van der Waals surface area contributed by atoms with Crippen molar-refractivity contribution in [1.82, 2.24) is 5.01 Å². The highest BCUT2D eigenvalue weighted by atomic mass is 16.8. The third-order valence-electron chi connectivity index (χ3n) is 15.1.